The number of carboxylic acid groups (broad SMARTS) is 1. The van der Waals surface area contributed by atoms with Crippen LogP contribution in [0.2, 0.25) is 0 Å². The average molecular weight is 487 g/mol. The highest BCUT2D eigenvalue weighted by molar-refractivity contribution is 7.89. The van der Waals surface area contributed by atoms with Crippen molar-refractivity contribution in [3.05, 3.63) is 42.2 Å². The van der Waals surface area contributed by atoms with Gasteiger partial charge in [0.2, 0.25) is 16.0 Å². The lowest BCUT2D eigenvalue weighted by molar-refractivity contribution is -0.142. The number of sulfonamides is 1. The molecule has 0 radical (unpaired) electrons. The maximum atomic E-state index is 12.7. The molecule has 12 heteroatoms. The Hall–Kier alpha value is -2.73. The van der Waals surface area contributed by atoms with Crippen molar-refractivity contribution in [1.82, 2.24) is 14.3 Å². The van der Waals surface area contributed by atoms with Crippen molar-refractivity contribution in [3.8, 4) is 11.1 Å². The Morgan fingerprint density at radius 2 is 1.58 bits per heavy atom. The second-order valence-electron chi connectivity index (χ2n) is 8.20. The van der Waals surface area contributed by atoms with E-state index in [1.165, 1.54) is 28.8 Å². The van der Waals surface area contributed by atoms with E-state index in [0.717, 1.165) is 12.1 Å². The van der Waals surface area contributed by atoms with E-state index in [-0.39, 0.29) is 19.0 Å². The molecule has 0 bridgehead atoms. The number of aliphatic carboxylic acids is 1. The number of halogens is 3. The molecule has 1 fully saturated rings. The lowest BCUT2D eigenvalue weighted by Crippen LogP contribution is -2.50. The molecule has 1 aliphatic rings. The average Bonchev–Trinajstić information content (AvgIpc) is 2.77. The van der Waals surface area contributed by atoms with Gasteiger partial charge in [-0.2, -0.15) is 17.5 Å². The number of carboxylic acids is 1. The molecular weight excluding hydrogens is 461 g/mol. The highest BCUT2D eigenvalue weighted by Crippen LogP contribution is 2.31. The Morgan fingerprint density at radius 3 is 2.03 bits per heavy atom. The normalized spacial score (nSPS) is 16.7. The molecular formula is C21H25F3N4O4S. The summed E-state index contributed by atoms with van der Waals surface area (Å²) in [6.07, 6.45) is -1.39. The van der Waals surface area contributed by atoms with E-state index in [9.17, 15) is 31.5 Å². The van der Waals surface area contributed by atoms with Crippen LogP contribution in [-0.2, 0) is 21.0 Å². The van der Waals surface area contributed by atoms with Crippen LogP contribution >= 0.6 is 0 Å². The monoisotopic (exact) mass is 486 g/mol. The van der Waals surface area contributed by atoms with Gasteiger partial charge in [-0.15, -0.1) is 0 Å². The zero-order chi connectivity index (χ0) is 24.4. The van der Waals surface area contributed by atoms with Crippen LogP contribution in [0.3, 0.4) is 0 Å². The van der Waals surface area contributed by atoms with Gasteiger partial charge >= 0.3 is 12.1 Å². The van der Waals surface area contributed by atoms with Gasteiger partial charge < -0.3 is 10.0 Å². The van der Waals surface area contributed by atoms with Crippen LogP contribution in [0, 0.1) is 11.8 Å². The van der Waals surface area contributed by atoms with Gasteiger partial charge in [0.25, 0.3) is 0 Å². The summed E-state index contributed by atoms with van der Waals surface area (Å²) < 4.78 is 64.8. The molecule has 0 unspecified atom stereocenters. The van der Waals surface area contributed by atoms with Gasteiger partial charge in [-0.05, 0) is 23.6 Å². The molecule has 33 heavy (non-hydrogen) atoms. The zero-order valence-corrected chi connectivity index (χ0v) is 19.0. The second kappa shape index (κ2) is 9.64. The van der Waals surface area contributed by atoms with E-state index in [4.69, 9.17) is 0 Å². The molecule has 1 aromatic carbocycles. The van der Waals surface area contributed by atoms with E-state index in [2.05, 4.69) is 9.97 Å². The number of piperazine rings is 1. The molecule has 2 heterocycles. The minimum absolute atomic E-state index is 0.177. The number of nitrogens with zero attached hydrogens (tertiary/aromatic N) is 4. The van der Waals surface area contributed by atoms with E-state index < -0.39 is 39.4 Å². The first-order valence-electron chi connectivity index (χ1n) is 10.3. The van der Waals surface area contributed by atoms with E-state index in [1.54, 1.807) is 18.7 Å². The third kappa shape index (κ3) is 5.99. The molecule has 1 N–H and O–H groups in total. The number of hydrogen-bond acceptors (Lipinski definition) is 6. The Kier molecular flexibility index (Phi) is 7.27. The van der Waals surface area contributed by atoms with Crippen molar-refractivity contribution in [2.45, 2.75) is 20.0 Å². The van der Waals surface area contributed by atoms with E-state index in [0.29, 0.717) is 30.2 Å². The SMILES string of the molecule is CC(C)[C@@H](CS(=O)(=O)N1CCN(c2ncc(-c3ccc(C(F)(F)F)cc3)cn2)CC1)C(=O)O. The molecule has 3 rings (SSSR count). The van der Waals surface area contributed by atoms with Crippen LogP contribution in [0.1, 0.15) is 19.4 Å². The lowest BCUT2D eigenvalue weighted by Gasteiger charge is -2.34. The molecule has 8 nitrogen and oxygen atoms in total. The second-order valence-corrected chi connectivity index (χ2v) is 10.2. The maximum absolute atomic E-state index is 12.7. The van der Waals surface area contributed by atoms with Crippen molar-refractivity contribution >= 4 is 21.9 Å². The molecule has 1 atom stereocenters. The summed E-state index contributed by atoms with van der Waals surface area (Å²) in [4.78, 5) is 21.7. The molecule has 0 amide bonds. The third-order valence-corrected chi connectivity index (χ3v) is 7.54. The summed E-state index contributed by atoms with van der Waals surface area (Å²) in [7, 11) is -3.73. The molecule has 0 saturated carbocycles. The fourth-order valence-electron chi connectivity index (χ4n) is 3.53. The van der Waals surface area contributed by atoms with E-state index in [1.807, 2.05) is 0 Å². The number of carbonyl (C=O) groups is 1. The highest BCUT2D eigenvalue weighted by atomic mass is 32.2. The molecule has 0 aliphatic carbocycles. The fourth-order valence-corrected chi connectivity index (χ4v) is 5.44. The lowest BCUT2D eigenvalue weighted by atomic mass is 9.98. The summed E-state index contributed by atoms with van der Waals surface area (Å²) in [6.45, 7) is 4.37. The molecule has 1 saturated heterocycles. The summed E-state index contributed by atoms with van der Waals surface area (Å²) in [6, 6.07) is 4.70. The van der Waals surface area contributed by atoms with Gasteiger partial charge in [0.1, 0.15) is 0 Å². The first kappa shape index (κ1) is 24.9. The van der Waals surface area contributed by atoms with Gasteiger partial charge in [-0.1, -0.05) is 26.0 Å². The zero-order valence-electron chi connectivity index (χ0n) is 18.2. The molecule has 2 aromatic rings. The maximum Gasteiger partial charge on any atom is 0.416 e. The van der Waals surface area contributed by atoms with Gasteiger partial charge in [0.15, 0.2) is 0 Å². The topological polar surface area (TPSA) is 104 Å². The number of rotatable bonds is 7. The third-order valence-electron chi connectivity index (χ3n) is 5.61. The van der Waals surface area contributed by atoms with Crippen LogP contribution in [-0.4, -0.2) is 65.7 Å². The largest absolute Gasteiger partial charge is 0.481 e. The Morgan fingerprint density at radius 1 is 1.03 bits per heavy atom. The van der Waals surface area contributed by atoms with Crippen LogP contribution in [0.25, 0.3) is 11.1 Å². The van der Waals surface area contributed by atoms with Crippen LogP contribution in [0.5, 0.6) is 0 Å². The van der Waals surface area contributed by atoms with Crippen molar-refractivity contribution in [1.29, 1.82) is 0 Å². The van der Waals surface area contributed by atoms with Crippen molar-refractivity contribution in [3.63, 3.8) is 0 Å². The smallest absolute Gasteiger partial charge is 0.416 e. The highest BCUT2D eigenvalue weighted by Gasteiger charge is 2.34. The van der Waals surface area contributed by atoms with Crippen LogP contribution in [0.15, 0.2) is 36.7 Å². The van der Waals surface area contributed by atoms with Crippen molar-refractivity contribution in [2.24, 2.45) is 11.8 Å². The van der Waals surface area contributed by atoms with Crippen LogP contribution < -0.4 is 4.90 Å². The summed E-state index contributed by atoms with van der Waals surface area (Å²) in [5.74, 6) is -2.48. The quantitative estimate of drug-likeness (QED) is 0.642. The molecule has 1 aliphatic heterocycles. The number of alkyl halides is 3. The molecule has 0 spiro atoms. The van der Waals surface area contributed by atoms with Crippen molar-refractivity contribution < 1.29 is 31.5 Å². The first-order valence-corrected chi connectivity index (χ1v) is 11.9. The summed E-state index contributed by atoms with van der Waals surface area (Å²) >= 11 is 0. The number of aromatic nitrogens is 2. The Labute approximate surface area is 190 Å². The van der Waals surface area contributed by atoms with Gasteiger partial charge in [0, 0.05) is 44.1 Å². The standard InChI is InChI=1S/C21H25F3N4O4S/c1-14(2)18(19(29)30)13-33(31,32)28-9-7-27(8-10-28)20-25-11-16(12-26-20)15-3-5-17(6-4-15)21(22,23)24/h3-6,11-12,14,18H,7-10,13H2,1-2H3,(H,29,30)/t18-/m1/s1. The first-order chi connectivity index (χ1) is 15.4. The van der Waals surface area contributed by atoms with Crippen LogP contribution in [0.4, 0.5) is 19.1 Å². The van der Waals surface area contributed by atoms with E-state index >= 15 is 0 Å². The minimum atomic E-state index is -4.40. The number of anilines is 1. The fraction of sp³-hybridized carbons (Fsp3) is 0.476. The van der Waals surface area contributed by atoms with Gasteiger partial charge in [-0.25, -0.2) is 18.4 Å². The predicted octanol–water partition coefficient (Wildman–Crippen LogP) is 2.97. The minimum Gasteiger partial charge on any atom is -0.481 e. The molecule has 180 valence electrons. The van der Waals surface area contributed by atoms with Crippen molar-refractivity contribution in [2.75, 3.05) is 36.8 Å². The number of benzene rings is 1. The van der Waals surface area contributed by atoms with Gasteiger partial charge in [0.05, 0.1) is 17.2 Å². The summed E-state index contributed by atoms with van der Waals surface area (Å²) in [5, 5.41) is 9.29. The predicted molar refractivity (Wildman–Crippen MR) is 116 cm³/mol. The Balaban J connectivity index is 1.62. The molecule has 1 aromatic heterocycles. The van der Waals surface area contributed by atoms with Gasteiger partial charge in [-0.3, -0.25) is 4.79 Å². The summed E-state index contributed by atoms with van der Waals surface area (Å²) in [5.41, 5.74) is 0.366. The number of hydrogen-bond donors (Lipinski definition) is 1. The Bertz CT molecular complexity index is 1070.